The van der Waals surface area contributed by atoms with Gasteiger partial charge in [0, 0.05) is 12.6 Å². The Kier molecular flexibility index (Phi) is 8.04. The predicted octanol–water partition coefficient (Wildman–Crippen LogP) is 3.57. The highest BCUT2D eigenvalue weighted by atomic mass is 19.1. The van der Waals surface area contributed by atoms with E-state index in [0.717, 1.165) is 18.7 Å². The number of unbranched alkanes of at least 4 members (excludes halogenated alkanes) is 2. The van der Waals surface area contributed by atoms with E-state index in [2.05, 4.69) is 37.5 Å². The Balaban J connectivity index is 2.79. The number of halogens is 1. The highest BCUT2D eigenvalue weighted by Gasteiger charge is 2.11. The molecule has 1 aromatic carbocycles. The molecule has 1 aromatic rings. The van der Waals surface area contributed by atoms with Crippen LogP contribution >= 0.6 is 0 Å². The first kappa shape index (κ1) is 17.7. The predicted molar refractivity (Wildman–Crippen MR) is 85.4 cm³/mol. The fourth-order valence-electron chi connectivity index (χ4n) is 2.22. The van der Waals surface area contributed by atoms with Gasteiger partial charge in [-0.2, -0.15) is 0 Å². The Labute approximate surface area is 128 Å². The van der Waals surface area contributed by atoms with Crippen molar-refractivity contribution < 1.29 is 9.50 Å². The van der Waals surface area contributed by atoms with Crippen LogP contribution in [-0.4, -0.2) is 29.2 Å². The third kappa shape index (κ3) is 6.29. The normalized spacial score (nSPS) is 10.8. The van der Waals surface area contributed by atoms with Crippen molar-refractivity contribution in [3.63, 3.8) is 0 Å². The van der Waals surface area contributed by atoms with Crippen LogP contribution in [0.15, 0.2) is 18.2 Å². The zero-order chi connectivity index (χ0) is 15.7. The minimum atomic E-state index is -0.332. The molecule has 1 N–H and O–H groups in total. The lowest BCUT2D eigenvalue weighted by Crippen LogP contribution is -2.31. The smallest absolute Gasteiger partial charge is 0.138 e. The van der Waals surface area contributed by atoms with Crippen molar-refractivity contribution in [1.29, 1.82) is 0 Å². The number of aliphatic hydroxyl groups is 1. The van der Waals surface area contributed by atoms with Gasteiger partial charge in [-0.15, -0.1) is 0 Å². The lowest BCUT2D eigenvalue weighted by atomic mass is 10.1. The van der Waals surface area contributed by atoms with Gasteiger partial charge in [-0.25, -0.2) is 4.39 Å². The molecule has 21 heavy (non-hydrogen) atoms. The summed E-state index contributed by atoms with van der Waals surface area (Å²) >= 11 is 0. The zero-order valence-electron chi connectivity index (χ0n) is 13.3. The van der Waals surface area contributed by atoms with Gasteiger partial charge in [0.15, 0.2) is 0 Å². The van der Waals surface area contributed by atoms with Crippen LogP contribution in [0.5, 0.6) is 0 Å². The summed E-state index contributed by atoms with van der Waals surface area (Å²) in [5.74, 6) is 4.84. The van der Waals surface area contributed by atoms with Gasteiger partial charge in [0.2, 0.25) is 0 Å². The van der Waals surface area contributed by atoms with E-state index in [1.165, 1.54) is 25.3 Å². The van der Waals surface area contributed by atoms with Crippen LogP contribution in [-0.2, 0) is 6.54 Å². The van der Waals surface area contributed by atoms with E-state index in [0.29, 0.717) is 11.6 Å². The first-order chi connectivity index (χ1) is 10.1. The molecule has 0 amide bonds. The molecular weight excluding hydrogens is 265 g/mol. The van der Waals surface area contributed by atoms with Crippen molar-refractivity contribution >= 4 is 0 Å². The van der Waals surface area contributed by atoms with Gasteiger partial charge in [-0.05, 0) is 44.5 Å². The summed E-state index contributed by atoms with van der Waals surface area (Å²) in [6.07, 6.45) is 3.64. The number of rotatable bonds is 7. The van der Waals surface area contributed by atoms with Crippen molar-refractivity contribution in [3.05, 3.63) is 35.1 Å². The minimum Gasteiger partial charge on any atom is -0.384 e. The van der Waals surface area contributed by atoms with E-state index in [-0.39, 0.29) is 12.4 Å². The summed E-state index contributed by atoms with van der Waals surface area (Å²) < 4.78 is 13.6. The molecule has 1 rings (SSSR count). The first-order valence-electron chi connectivity index (χ1n) is 7.70. The third-order valence-electron chi connectivity index (χ3n) is 3.50. The highest BCUT2D eigenvalue weighted by Crippen LogP contribution is 2.14. The van der Waals surface area contributed by atoms with Crippen LogP contribution in [0, 0.1) is 17.7 Å². The maximum Gasteiger partial charge on any atom is 0.138 e. The minimum absolute atomic E-state index is 0.251. The monoisotopic (exact) mass is 291 g/mol. The van der Waals surface area contributed by atoms with Crippen LogP contribution in [0.25, 0.3) is 0 Å². The van der Waals surface area contributed by atoms with E-state index in [4.69, 9.17) is 5.11 Å². The Hall–Kier alpha value is -1.37. The molecule has 2 nitrogen and oxygen atoms in total. The second kappa shape index (κ2) is 9.55. The van der Waals surface area contributed by atoms with Crippen LogP contribution in [0.3, 0.4) is 0 Å². The summed E-state index contributed by atoms with van der Waals surface area (Å²) in [5, 5.41) is 8.72. The van der Waals surface area contributed by atoms with E-state index >= 15 is 0 Å². The second-order valence-electron chi connectivity index (χ2n) is 5.55. The van der Waals surface area contributed by atoms with Gasteiger partial charge in [0.1, 0.15) is 12.4 Å². The van der Waals surface area contributed by atoms with Crippen LogP contribution < -0.4 is 0 Å². The SMILES string of the molecule is CCCCCN(Cc1ccc(F)c(C#CCO)c1)C(C)C. The maximum absolute atomic E-state index is 13.6. The summed E-state index contributed by atoms with van der Waals surface area (Å²) in [6.45, 7) is 8.17. The van der Waals surface area contributed by atoms with Gasteiger partial charge in [0.05, 0.1) is 5.56 Å². The maximum atomic E-state index is 13.6. The molecule has 0 aliphatic carbocycles. The highest BCUT2D eigenvalue weighted by molar-refractivity contribution is 5.38. The molecule has 0 radical (unpaired) electrons. The number of hydrogen-bond donors (Lipinski definition) is 1. The molecule has 0 aromatic heterocycles. The molecule has 0 atom stereocenters. The molecule has 0 saturated heterocycles. The lowest BCUT2D eigenvalue weighted by molar-refractivity contribution is 0.208. The average molecular weight is 291 g/mol. The zero-order valence-corrected chi connectivity index (χ0v) is 13.3. The molecule has 3 heteroatoms. The Morgan fingerprint density at radius 2 is 2.05 bits per heavy atom. The van der Waals surface area contributed by atoms with Crippen molar-refractivity contribution in [2.75, 3.05) is 13.2 Å². The van der Waals surface area contributed by atoms with Crippen molar-refractivity contribution in [1.82, 2.24) is 4.90 Å². The molecule has 0 saturated carbocycles. The largest absolute Gasteiger partial charge is 0.384 e. The third-order valence-corrected chi connectivity index (χ3v) is 3.50. The van der Waals surface area contributed by atoms with E-state index in [9.17, 15) is 4.39 Å². The lowest BCUT2D eigenvalue weighted by Gasteiger charge is -2.26. The van der Waals surface area contributed by atoms with Crippen LogP contribution in [0.1, 0.15) is 51.2 Å². The Morgan fingerprint density at radius 1 is 1.29 bits per heavy atom. The fourth-order valence-corrected chi connectivity index (χ4v) is 2.22. The Bertz CT molecular complexity index is 488. The van der Waals surface area contributed by atoms with Crippen LogP contribution in [0.2, 0.25) is 0 Å². The van der Waals surface area contributed by atoms with Gasteiger partial charge in [-0.1, -0.05) is 37.7 Å². The van der Waals surface area contributed by atoms with Crippen molar-refractivity contribution in [2.24, 2.45) is 0 Å². The summed E-state index contributed by atoms with van der Waals surface area (Å²) in [7, 11) is 0. The average Bonchev–Trinajstić information content (AvgIpc) is 2.46. The Morgan fingerprint density at radius 3 is 2.67 bits per heavy atom. The number of nitrogens with zero attached hydrogens (tertiary/aromatic N) is 1. The van der Waals surface area contributed by atoms with Gasteiger partial charge < -0.3 is 5.11 Å². The molecule has 0 aliphatic rings. The molecular formula is C18H26FNO. The topological polar surface area (TPSA) is 23.5 Å². The summed E-state index contributed by atoms with van der Waals surface area (Å²) in [4.78, 5) is 2.39. The molecule has 0 aliphatic heterocycles. The molecule has 0 unspecified atom stereocenters. The first-order valence-corrected chi connectivity index (χ1v) is 7.70. The van der Waals surface area contributed by atoms with Gasteiger partial charge in [0.25, 0.3) is 0 Å². The standard InChI is InChI=1S/C18H26FNO/c1-4-5-6-11-20(15(2)3)14-16-9-10-18(19)17(13-16)8-7-12-21/h9-10,13,15,21H,4-6,11-12,14H2,1-3H3. The van der Waals surface area contributed by atoms with Gasteiger partial charge in [-0.3, -0.25) is 4.90 Å². The number of hydrogen-bond acceptors (Lipinski definition) is 2. The molecule has 0 bridgehead atoms. The molecule has 116 valence electrons. The second-order valence-corrected chi connectivity index (χ2v) is 5.55. The molecule has 0 heterocycles. The molecule has 0 spiro atoms. The summed E-state index contributed by atoms with van der Waals surface area (Å²) in [5.41, 5.74) is 1.42. The number of aliphatic hydroxyl groups excluding tert-OH is 1. The van der Waals surface area contributed by atoms with E-state index < -0.39 is 0 Å². The van der Waals surface area contributed by atoms with Crippen molar-refractivity contribution in [3.8, 4) is 11.8 Å². The summed E-state index contributed by atoms with van der Waals surface area (Å²) in [6, 6.07) is 5.52. The number of benzene rings is 1. The molecule has 0 fully saturated rings. The quantitative estimate of drug-likeness (QED) is 0.613. The fraction of sp³-hybridized carbons (Fsp3) is 0.556. The van der Waals surface area contributed by atoms with Crippen molar-refractivity contribution in [2.45, 2.75) is 52.6 Å². The van der Waals surface area contributed by atoms with Gasteiger partial charge >= 0.3 is 0 Å². The van der Waals surface area contributed by atoms with E-state index in [1.54, 1.807) is 6.07 Å². The van der Waals surface area contributed by atoms with E-state index in [1.807, 2.05) is 6.07 Å². The van der Waals surface area contributed by atoms with Crippen LogP contribution in [0.4, 0.5) is 4.39 Å².